The van der Waals surface area contributed by atoms with Crippen LogP contribution in [0.25, 0.3) is 11.1 Å². The molecule has 7 nitrogen and oxygen atoms in total. The van der Waals surface area contributed by atoms with E-state index in [0.717, 1.165) is 22.3 Å². The molecule has 0 aliphatic carbocycles. The third-order valence-corrected chi connectivity index (χ3v) is 7.45. The van der Waals surface area contributed by atoms with E-state index >= 15 is 0 Å². The summed E-state index contributed by atoms with van der Waals surface area (Å²) in [7, 11) is 0. The Morgan fingerprint density at radius 3 is 2.30 bits per heavy atom. The Kier molecular flexibility index (Phi) is 6.68. The van der Waals surface area contributed by atoms with Gasteiger partial charge in [-0.1, -0.05) is 54.6 Å². The number of amides is 1. The highest BCUT2D eigenvalue weighted by Gasteiger charge is 2.46. The number of nitrogens with zero attached hydrogens (tertiary/aromatic N) is 2. The van der Waals surface area contributed by atoms with E-state index in [9.17, 15) is 14.7 Å². The monoisotopic (exact) mass is 502 g/mol. The van der Waals surface area contributed by atoms with Gasteiger partial charge in [-0.25, -0.2) is 4.79 Å². The summed E-state index contributed by atoms with van der Waals surface area (Å²) in [4.78, 5) is 27.6. The predicted octanol–water partition coefficient (Wildman–Crippen LogP) is 5.05. The zero-order valence-corrected chi connectivity index (χ0v) is 21.6. The van der Waals surface area contributed by atoms with Crippen LogP contribution in [-0.2, 0) is 15.1 Å². The molecule has 2 atom stereocenters. The van der Waals surface area contributed by atoms with Crippen molar-refractivity contribution in [3.8, 4) is 11.1 Å². The van der Waals surface area contributed by atoms with Crippen LogP contribution in [0, 0.1) is 0 Å². The molecule has 37 heavy (non-hydrogen) atoms. The molecule has 0 bridgehead atoms. The van der Waals surface area contributed by atoms with Gasteiger partial charge in [0.05, 0.1) is 30.9 Å². The first-order valence-electron chi connectivity index (χ1n) is 12.8. The Labute approximate surface area is 217 Å². The maximum Gasteiger partial charge on any atom is 0.411 e. The molecule has 2 aliphatic rings. The van der Waals surface area contributed by atoms with Crippen LogP contribution in [0.3, 0.4) is 0 Å². The fraction of sp³-hybridized carbons (Fsp3) is 0.400. The molecule has 1 aromatic heterocycles. The minimum absolute atomic E-state index is 0.0349. The first kappa shape index (κ1) is 25.2. The summed E-state index contributed by atoms with van der Waals surface area (Å²) in [6.45, 7) is 7.14. The SMILES string of the molecule is CC(c1ccc(-c2ccn(C3COC3)c(=O)c2)cc1)N1CCC(CC(C)(C)O)(c2ccccc2)OC1=O. The van der Waals surface area contributed by atoms with E-state index in [4.69, 9.17) is 9.47 Å². The Morgan fingerprint density at radius 1 is 1.03 bits per heavy atom. The lowest BCUT2D eigenvalue weighted by Gasteiger charge is -2.45. The third kappa shape index (κ3) is 5.20. The fourth-order valence-electron chi connectivity index (χ4n) is 5.38. The van der Waals surface area contributed by atoms with Gasteiger partial charge in [0, 0.05) is 31.6 Å². The molecule has 2 saturated heterocycles. The number of ether oxygens (including phenoxy) is 2. The molecule has 3 heterocycles. The van der Waals surface area contributed by atoms with E-state index in [0.29, 0.717) is 32.6 Å². The molecular weight excluding hydrogens is 468 g/mol. The number of aliphatic hydroxyl groups is 1. The molecule has 3 aromatic rings. The highest BCUT2D eigenvalue weighted by atomic mass is 16.6. The summed E-state index contributed by atoms with van der Waals surface area (Å²) in [6.07, 6.45) is 2.34. The molecule has 0 saturated carbocycles. The smallest absolute Gasteiger partial charge is 0.411 e. The second-order valence-electron chi connectivity index (χ2n) is 10.8. The maximum absolute atomic E-state index is 13.3. The number of aromatic nitrogens is 1. The van der Waals surface area contributed by atoms with Crippen LogP contribution in [0.15, 0.2) is 77.7 Å². The van der Waals surface area contributed by atoms with Gasteiger partial charge in [-0.15, -0.1) is 0 Å². The van der Waals surface area contributed by atoms with Crippen LogP contribution >= 0.6 is 0 Å². The Bertz CT molecular complexity index is 1310. The van der Waals surface area contributed by atoms with Gasteiger partial charge in [-0.05, 0) is 49.1 Å². The zero-order valence-electron chi connectivity index (χ0n) is 21.6. The maximum atomic E-state index is 13.3. The topological polar surface area (TPSA) is 81.0 Å². The van der Waals surface area contributed by atoms with Crippen LogP contribution in [0.4, 0.5) is 4.79 Å². The zero-order chi connectivity index (χ0) is 26.2. The number of benzene rings is 2. The number of hydrogen-bond donors (Lipinski definition) is 1. The van der Waals surface area contributed by atoms with Crippen LogP contribution in [0.2, 0.25) is 0 Å². The summed E-state index contributed by atoms with van der Waals surface area (Å²) >= 11 is 0. The lowest BCUT2D eigenvalue weighted by molar-refractivity contribution is -0.101. The highest BCUT2D eigenvalue weighted by molar-refractivity contribution is 5.70. The fourth-order valence-corrected chi connectivity index (χ4v) is 5.38. The number of carbonyl (C=O) groups is 1. The Balaban J connectivity index is 1.32. The number of pyridine rings is 1. The molecule has 0 spiro atoms. The minimum atomic E-state index is -0.994. The molecule has 1 amide bonds. The lowest BCUT2D eigenvalue weighted by atomic mass is 9.80. The van der Waals surface area contributed by atoms with Crippen molar-refractivity contribution in [2.24, 2.45) is 0 Å². The van der Waals surface area contributed by atoms with Gasteiger partial charge in [0.1, 0.15) is 5.60 Å². The average molecular weight is 503 g/mol. The van der Waals surface area contributed by atoms with Gasteiger partial charge < -0.3 is 24.0 Å². The molecule has 0 radical (unpaired) electrons. The first-order valence-corrected chi connectivity index (χ1v) is 12.8. The van der Waals surface area contributed by atoms with E-state index in [1.807, 2.05) is 73.8 Å². The molecule has 2 aliphatic heterocycles. The largest absolute Gasteiger partial charge is 0.438 e. The average Bonchev–Trinajstić information content (AvgIpc) is 2.83. The van der Waals surface area contributed by atoms with Crippen molar-refractivity contribution in [1.29, 1.82) is 0 Å². The standard InChI is InChI=1S/C30H34N2O5/c1-21(22-9-11-23(12-10-22)24-13-15-32(27(33)17-24)26-18-36-19-26)31-16-14-30(37-28(31)34,20-29(2,3)35)25-7-5-4-6-8-25/h4-13,15,17,21,26,35H,14,16,18-20H2,1-3H3. The van der Waals surface area contributed by atoms with Crippen molar-refractivity contribution in [2.75, 3.05) is 19.8 Å². The van der Waals surface area contributed by atoms with E-state index in [1.54, 1.807) is 29.4 Å². The van der Waals surface area contributed by atoms with Crippen molar-refractivity contribution < 1.29 is 19.4 Å². The second-order valence-corrected chi connectivity index (χ2v) is 10.8. The predicted molar refractivity (Wildman–Crippen MR) is 141 cm³/mol. The summed E-state index contributed by atoms with van der Waals surface area (Å²) in [5.74, 6) is 0. The molecule has 5 rings (SSSR count). The third-order valence-electron chi connectivity index (χ3n) is 7.45. The summed E-state index contributed by atoms with van der Waals surface area (Å²) in [5, 5.41) is 10.6. The van der Waals surface area contributed by atoms with Gasteiger partial charge in [0.15, 0.2) is 0 Å². The van der Waals surface area contributed by atoms with E-state index < -0.39 is 11.2 Å². The first-order chi connectivity index (χ1) is 17.7. The van der Waals surface area contributed by atoms with Crippen LogP contribution in [0.1, 0.15) is 56.8 Å². The van der Waals surface area contributed by atoms with Crippen LogP contribution in [-0.4, -0.2) is 46.0 Å². The van der Waals surface area contributed by atoms with Crippen LogP contribution < -0.4 is 5.56 Å². The normalized spacial score (nSPS) is 21.3. The van der Waals surface area contributed by atoms with Gasteiger partial charge in [-0.2, -0.15) is 0 Å². The van der Waals surface area contributed by atoms with Crippen molar-refractivity contribution in [1.82, 2.24) is 9.47 Å². The number of carbonyl (C=O) groups excluding carboxylic acids is 1. The van der Waals surface area contributed by atoms with Crippen molar-refractivity contribution >= 4 is 6.09 Å². The molecule has 2 unspecified atom stereocenters. The van der Waals surface area contributed by atoms with Gasteiger partial charge >= 0.3 is 6.09 Å². The molecule has 2 aromatic carbocycles. The molecule has 7 heteroatoms. The van der Waals surface area contributed by atoms with E-state index in [1.165, 1.54) is 0 Å². The Hall–Kier alpha value is -3.42. The Morgan fingerprint density at radius 2 is 1.73 bits per heavy atom. The van der Waals surface area contributed by atoms with Crippen molar-refractivity contribution in [3.05, 3.63) is 94.4 Å². The van der Waals surface area contributed by atoms with E-state index in [2.05, 4.69) is 0 Å². The summed E-state index contributed by atoms with van der Waals surface area (Å²) in [6, 6.07) is 21.2. The molecule has 1 N–H and O–H groups in total. The number of rotatable bonds is 7. The van der Waals surface area contributed by atoms with Gasteiger partial charge in [-0.3, -0.25) is 4.79 Å². The lowest BCUT2D eigenvalue weighted by Crippen LogP contribution is -2.51. The van der Waals surface area contributed by atoms with Crippen molar-refractivity contribution in [2.45, 2.75) is 56.9 Å². The highest BCUT2D eigenvalue weighted by Crippen LogP contribution is 2.42. The van der Waals surface area contributed by atoms with Crippen molar-refractivity contribution in [3.63, 3.8) is 0 Å². The van der Waals surface area contributed by atoms with Gasteiger partial charge in [0.25, 0.3) is 5.56 Å². The molecule has 194 valence electrons. The second kappa shape index (κ2) is 9.80. The summed E-state index contributed by atoms with van der Waals surface area (Å²) < 4.78 is 13.0. The van der Waals surface area contributed by atoms with E-state index in [-0.39, 0.29) is 23.7 Å². The molecular formula is C30H34N2O5. The van der Waals surface area contributed by atoms with Crippen LogP contribution in [0.5, 0.6) is 0 Å². The summed E-state index contributed by atoms with van der Waals surface area (Å²) in [5.41, 5.74) is 1.78. The quantitative estimate of drug-likeness (QED) is 0.489. The van der Waals surface area contributed by atoms with Gasteiger partial charge in [0.2, 0.25) is 0 Å². The number of cyclic esters (lactones) is 1. The minimum Gasteiger partial charge on any atom is -0.438 e. The molecule has 2 fully saturated rings. The number of hydrogen-bond acceptors (Lipinski definition) is 5.